The second-order valence-electron chi connectivity index (χ2n) is 20.1. The largest absolute Gasteiger partial charge is 0.512 e. The Morgan fingerprint density at radius 1 is 0.389 bits per heavy atom. The van der Waals surface area contributed by atoms with E-state index >= 15 is 0 Å². The van der Waals surface area contributed by atoms with Crippen LogP contribution >= 0.6 is 0 Å². The molecule has 0 saturated heterocycles. The van der Waals surface area contributed by atoms with Gasteiger partial charge < -0.3 is 12.8 Å². The molecule has 0 N–H and O–H groups in total. The minimum atomic E-state index is -3.52. The van der Waals surface area contributed by atoms with E-state index in [0.717, 1.165) is 53.9 Å². The summed E-state index contributed by atoms with van der Waals surface area (Å²) in [5, 5.41) is 6.87. The number of aliphatic imine (C=N–C) groups is 1. The second-order valence-corrected chi connectivity index (χ2v) is 28.9. The van der Waals surface area contributed by atoms with Crippen molar-refractivity contribution in [2.24, 2.45) is 4.99 Å². The Balaban J connectivity index is 1.54. The summed E-state index contributed by atoms with van der Waals surface area (Å²) in [7, 11) is -9.80. The monoisotopic (exact) mass is 995 g/mol. The molecule has 4 nitrogen and oxygen atoms in total. The van der Waals surface area contributed by atoms with Crippen LogP contribution in [0, 0.1) is 0 Å². The third kappa shape index (κ3) is 10.8. The van der Waals surface area contributed by atoms with Crippen LogP contribution in [0.2, 0.25) is 0 Å². The first-order valence-corrected chi connectivity index (χ1v) is 30.8. The third-order valence-electron chi connectivity index (χ3n) is 13.7. The Kier molecular flexibility index (Phi) is 16.9. The number of anilines is 1. The summed E-state index contributed by atoms with van der Waals surface area (Å²) in [5.41, 5.74) is 9.09. The molecule has 72 heavy (non-hydrogen) atoms. The van der Waals surface area contributed by atoms with Gasteiger partial charge in [-0.3, -0.25) is 4.99 Å². The highest BCUT2D eigenvalue weighted by Gasteiger charge is 2.53. The smallest absolute Gasteiger partial charge is 0.407 e. The summed E-state index contributed by atoms with van der Waals surface area (Å²) in [6.45, 7) is 22.7. The van der Waals surface area contributed by atoms with E-state index in [1.165, 1.54) is 22.3 Å². The molecule has 0 spiro atoms. The van der Waals surface area contributed by atoms with Crippen LogP contribution in [0.4, 0.5) is 11.4 Å². The molecule has 1 radical (unpaired) electrons. The zero-order valence-electron chi connectivity index (χ0n) is 43.9. The SMILES string of the molecule is CC(/C=C(\C)N(c1c(C(C)C)cccc1C(C)C)[Si](O[Si](c1ccccc1)(c1ccccc1)c1ccccc1)O[Si](c1ccccc1)(c1ccccc1)c1ccccc1)=Nc1c(C(C)C)cccc1C(C)C. The Hall–Kier alpha value is -6.46. The summed E-state index contributed by atoms with van der Waals surface area (Å²) in [5.74, 6) is 0.965. The average Bonchev–Trinajstić information content (AvgIpc) is 3.40. The van der Waals surface area contributed by atoms with E-state index in [-0.39, 0.29) is 11.8 Å². The first kappa shape index (κ1) is 51.9. The molecule has 0 heterocycles. The number of benzene rings is 8. The average molecular weight is 997 g/mol. The molecule has 0 aliphatic rings. The van der Waals surface area contributed by atoms with Gasteiger partial charge in [0.2, 0.25) is 0 Å². The van der Waals surface area contributed by atoms with Gasteiger partial charge in [-0.25, -0.2) is 0 Å². The van der Waals surface area contributed by atoms with Crippen LogP contribution in [0.15, 0.2) is 235 Å². The summed E-state index contributed by atoms with van der Waals surface area (Å²) < 4.78 is 20.0. The van der Waals surface area contributed by atoms with Crippen LogP contribution in [0.25, 0.3) is 0 Å². The van der Waals surface area contributed by atoms with Gasteiger partial charge in [-0.05, 0) is 97.0 Å². The van der Waals surface area contributed by atoms with Crippen LogP contribution in [-0.4, -0.2) is 31.8 Å². The first-order chi connectivity index (χ1) is 34.9. The van der Waals surface area contributed by atoms with Gasteiger partial charge in [0.1, 0.15) is 0 Å². The molecule has 0 atom stereocenters. The Bertz CT molecular complexity index is 2680. The van der Waals surface area contributed by atoms with Gasteiger partial charge in [0.15, 0.2) is 0 Å². The maximum absolute atomic E-state index is 8.72. The molecule has 0 amide bonds. The van der Waals surface area contributed by atoms with Crippen LogP contribution in [0.3, 0.4) is 0 Å². The zero-order chi connectivity index (χ0) is 50.8. The van der Waals surface area contributed by atoms with E-state index in [2.05, 4.69) is 298 Å². The number of allylic oxidation sites excluding steroid dienone is 2. The quantitative estimate of drug-likeness (QED) is 0.0460. The number of nitrogens with zero attached hydrogens (tertiary/aromatic N) is 2. The predicted octanol–water partition coefficient (Wildman–Crippen LogP) is 13.0. The molecular formula is C65H71N2O2Si3. The van der Waals surface area contributed by atoms with Crippen molar-refractivity contribution in [3.05, 3.63) is 252 Å². The highest BCUT2D eigenvalue weighted by Crippen LogP contribution is 2.40. The van der Waals surface area contributed by atoms with Crippen molar-refractivity contribution in [2.45, 2.75) is 92.9 Å². The maximum atomic E-state index is 8.72. The molecule has 0 aliphatic heterocycles. The van der Waals surface area contributed by atoms with Gasteiger partial charge in [-0.15, -0.1) is 0 Å². The molecule has 0 aromatic heterocycles. The number of hydrogen-bond acceptors (Lipinski definition) is 4. The lowest BCUT2D eigenvalue weighted by Crippen LogP contribution is -2.77. The van der Waals surface area contributed by atoms with Crippen LogP contribution in [0.5, 0.6) is 0 Å². The van der Waals surface area contributed by atoms with Gasteiger partial charge in [-0.1, -0.05) is 274 Å². The zero-order valence-corrected chi connectivity index (χ0v) is 46.9. The van der Waals surface area contributed by atoms with Crippen molar-refractivity contribution < 1.29 is 8.23 Å². The standard InChI is InChI=1S/C65H71N2O2Si3/c1-48(2)60-43-29-44-61(49(3)4)64(60)66-52(9)47-53(10)67(65-62(50(5)6)45-30-46-63(65)51(7)8)70(68-71(54-31-17-11-18-32-54,55-33-19-12-20-34-55)56-35-21-13-22-36-56)69-72(57-37-23-14-24-38-57,58-39-25-15-26-40-58)59-41-27-16-28-42-59/h11-51H,1-10H3/b53-47+,66-52?. The summed E-state index contributed by atoms with van der Waals surface area (Å²) in [4.78, 5) is 5.59. The van der Waals surface area contributed by atoms with Crippen molar-refractivity contribution in [1.82, 2.24) is 0 Å². The predicted molar refractivity (Wildman–Crippen MR) is 314 cm³/mol. The van der Waals surface area contributed by atoms with E-state index in [1.54, 1.807) is 0 Å². The van der Waals surface area contributed by atoms with E-state index < -0.39 is 26.1 Å². The third-order valence-corrected chi connectivity index (χ3v) is 25.4. The van der Waals surface area contributed by atoms with Crippen molar-refractivity contribution in [1.29, 1.82) is 0 Å². The number of hydrogen-bond donors (Lipinski definition) is 0. The van der Waals surface area contributed by atoms with Crippen LogP contribution in [0.1, 0.15) is 115 Å². The van der Waals surface area contributed by atoms with Crippen molar-refractivity contribution in [3.63, 3.8) is 0 Å². The molecular weight excluding hydrogens is 925 g/mol. The van der Waals surface area contributed by atoms with E-state index in [4.69, 9.17) is 13.2 Å². The lowest BCUT2D eigenvalue weighted by atomic mass is 9.92. The topological polar surface area (TPSA) is 34.1 Å². The summed E-state index contributed by atoms with van der Waals surface area (Å²) in [6.07, 6.45) is 2.29. The molecule has 0 bridgehead atoms. The minimum absolute atomic E-state index is 0.178. The van der Waals surface area contributed by atoms with Crippen LogP contribution < -0.4 is 35.7 Å². The highest BCUT2D eigenvalue weighted by atomic mass is 28.5. The lowest BCUT2D eigenvalue weighted by Gasteiger charge is -2.45. The minimum Gasteiger partial charge on any atom is -0.407 e. The molecule has 365 valence electrons. The molecule has 8 rings (SSSR count). The highest BCUT2D eigenvalue weighted by molar-refractivity contribution is 7.12. The fourth-order valence-electron chi connectivity index (χ4n) is 10.2. The summed E-state index contributed by atoms with van der Waals surface area (Å²) >= 11 is 0. The van der Waals surface area contributed by atoms with Crippen molar-refractivity contribution in [2.75, 3.05) is 4.57 Å². The number of para-hydroxylation sites is 2. The van der Waals surface area contributed by atoms with Gasteiger partial charge in [0.05, 0.1) is 5.69 Å². The molecule has 8 aromatic rings. The second kappa shape index (κ2) is 23.4. The maximum Gasteiger partial charge on any atom is 0.512 e. The molecule has 8 aromatic carbocycles. The van der Waals surface area contributed by atoms with Gasteiger partial charge in [0.25, 0.3) is 16.6 Å². The number of rotatable bonds is 19. The molecule has 0 unspecified atom stereocenters. The molecule has 7 heteroatoms. The molecule has 0 aliphatic carbocycles. The normalized spacial score (nSPS) is 12.7. The molecule has 0 saturated carbocycles. The lowest BCUT2D eigenvalue weighted by molar-refractivity contribution is 0.432. The summed E-state index contributed by atoms with van der Waals surface area (Å²) in [6, 6.07) is 79.3. The Morgan fingerprint density at radius 2 is 0.653 bits per heavy atom. The fourth-order valence-corrected chi connectivity index (χ4v) is 23.1. The van der Waals surface area contributed by atoms with Crippen molar-refractivity contribution >= 4 is 74.3 Å². The Morgan fingerprint density at radius 3 is 0.917 bits per heavy atom. The van der Waals surface area contributed by atoms with Crippen LogP contribution in [-0.2, 0) is 8.23 Å². The first-order valence-electron chi connectivity index (χ1n) is 25.7. The van der Waals surface area contributed by atoms with Gasteiger partial charge in [-0.2, -0.15) is 0 Å². The van der Waals surface area contributed by atoms with Gasteiger partial charge in [0, 0.05) is 17.1 Å². The van der Waals surface area contributed by atoms with Gasteiger partial charge >= 0.3 is 9.45 Å². The van der Waals surface area contributed by atoms with Crippen molar-refractivity contribution in [3.8, 4) is 0 Å². The fraction of sp³-hybridized carbons (Fsp3) is 0.215. The Labute approximate surface area is 435 Å². The van der Waals surface area contributed by atoms with E-state index in [1.807, 2.05) is 0 Å². The van der Waals surface area contributed by atoms with E-state index in [0.29, 0.717) is 11.8 Å². The molecule has 0 fully saturated rings. The van der Waals surface area contributed by atoms with E-state index in [9.17, 15) is 0 Å².